The Morgan fingerprint density at radius 3 is 2.68 bits per heavy atom. The number of aromatic nitrogens is 3. The van der Waals surface area contributed by atoms with E-state index < -0.39 is 0 Å². The number of nitrogens with zero attached hydrogens (tertiary/aromatic N) is 4. The molecule has 0 aromatic carbocycles. The summed E-state index contributed by atoms with van der Waals surface area (Å²) in [6.07, 6.45) is 11.8. The predicted molar refractivity (Wildman–Crippen MR) is 89.7 cm³/mol. The minimum absolute atomic E-state index is 0.737. The molecule has 2 aliphatic heterocycles. The number of aryl methyl sites for hydroxylation is 1. The van der Waals surface area contributed by atoms with Crippen LogP contribution in [-0.4, -0.2) is 32.3 Å². The van der Waals surface area contributed by atoms with Crippen LogP contribution in [-0.2, 0) is 19.5 Å². The third kappa shape index (κ3) is 3.89. The van der Waals surface area contributed by atoms with Crippen molar-refractivity contribution in [2.24, 2.45) is 5.92 Å². The van der Waals surface area contributed by atoms with Crippen LogP contribution in [0.15, 0.2) is 0 Å². The largest absolute Gasteiger partial charge is 0.314 e. The molecule has 124 valence electrons. The summed E-state index contributed by atoms with van der Waals surface area (Å²) in [5.74, 6) is 3.22. The summed E-state index contributed by atoms with van der Waals surface area (Å²) < 4.78 is 2.42. The molecule has 0 radical (unpaired) electrons. The van der Waals surface area contributed by atoms with Gasteiger partial charge >= 0.3 is 0 Å². The molecule has 0 unspecified atom stereocenters. The quantitative estimate of drug-likeness (QED) is 0.848. The summed E-state index contributed by atoms with van der Waals surface area (Å²) in [5, 5.41) is 9.03. The van der Waals surface area contributed by atoms with E-state index in [1.54, 1.807) is 0 Å². The Morgan fingerprint density at radius 2 is 1.82 bits per heavy atom. The van der Waals surface area contributed by atoms with Gasteiger partial charge in [0.05, 0.1) is 6.54 Å². The van der Waals surface area contributed by atoms with E-state index in [0.717, 1.165) is 31.5 Å². The fraction of sp³-hybridized carbons (Fsp3) is 0.889. The van der Waals surface area contributed by atoms with Gasteiger partial charge in [-0.1, -0.05) is 33.1 Å². The van der Waals surface area contributed by atoms with Crippen LogP contribution < -0.4 is 0 Å². The standard InChI is InChI=1S/C18H32N4/c1-15(2)13-16-9-5-3-7-11-21(16)14-18-20-19-17-10-6-4-8-12-22(17)18/h15-16H,3-14H2,1-2H3/t16-/m0/s1. The molecule has 1 saturated heterocycles. The van der Waals surface area contributed by atoms with E-state index in [4.69, 9.17) is 0 Å². The van der Waals surface area contributed by atoms with Gasteiger partial charge in [-0.25, -0.2) is 0 Å². The number of hydrogen-bond donors (Lipinski definition) is 0. The first-order valence-electron chi connectivity index (χ1n) is 9.39. The van der Waals surface area contributed by atoms with Crippen molar-refractivity contribution < 1.29 is 0 Å². The summed E-state index contributed by atoms with van der Waals surface area (Å²) in [7, 11) is 0. The summed E-state index contributed by atoms with van der Waals surface area (Å²) in [4.78, 5) is 2.70. The molecule has 3 heterocycles. The van der Waals surface area contributed by atoms with E-state index in [1.807, 2.05) is 0 Å². The Labute approximate surface area is 135 Å². The summed E-state index contributed by atoms with van der Waals surface area (Å²) >= 11 is 0. The van der Waals surface area contributed by atoms with Gasteiger partial charge in [-0.05, 0) is 44.6 Å². The SMILES string of the molecule is CC(C)C[C@@H]1CCCCCN1Cc1nnc2n1CCCCC2. The second-order valence-corrected chi connectivity index (χ2v) is 7.60. The molecular weight excluding hydrogens is 272 g/mol. The molecule has 1 fully saturated rings. The van der Waals surface area contributed by atoms with Crippen molar-refractivity contribution in [2.45, 2.75) is 90.8 Å². The van der Waals surface area contributed by atoms with Crippen LogP contribution in [0.1, 0.15) is 76.9 Å². The van der Waals surface area contributed by atoms with Gasteiger partial charge in [-0.3, -0.25) is 4.90 Å². The first-order chi connectivity index (χ1) is 10.7. The van der Waals surface area contributed by atoms with Crippen molar-refractivity contribution >= 4 is 0 Å². The van der Waals surface area contributed by atoms with Crippen LogP contribution in [0.4, 0.5) is 0 Å². The highest BCUT2D eigenvalue weighted by Gasteiger charge is 2.24. The summed E-state index contributed by atoms with van der Waals surface area (Å²) in [6.45, 7) is 8.07. The topological polar surface area (TPSA) is 34.0 Å². The zero-order valence-corrected chi connectivity index (χ0v) is 14.4. The molecule has 1 aromatic heterocycles. The van der Waals surface area contributed by atoms with Gasteiger partial charge in [0.2, 0.25) is 0 Å². The highest BCUT2D eigenvalue weighted by molar-refractivity contribution is 4.98. The van der Waals surface area contributed by atoms with Crippen molar-refractivity contribution in [2.75, 3.05) is 6.54 Å². The van der Waals surface area contributed by atoms with Crippen molar-refractivity contribution in [3.8, 4) is 0 Å². The van der Waals surface area contributed by atoms with Crippen LogP contribution in [0.3, 0.4) is 0 Å². The average Bonchev–Trinajstić information content (AvgIpc) is 2.68. The average molecular weight is 304 g/mol. The maximum atomic E-state index is 4.55. The first kappa shape index (κ1) is 16.0. The van der Waals surface area contributed by atoms with Crippen LogP contribution in [0.25, 0.3) is 0 Å². The van der Waals surface area contributed by atoms with Crippen LogP contribution in [0.5, 0.6) is 0 Å². The minimum Gasteiger partial charge on any atom is -0.314 e. The Balaban J connectivity index is 1.73. The molecule has 4 heteroatoms. The molecule has 0 N–H and O–H groups in total. The van der Waals surface area contributed by atoms with E-state index >= 15 is 0 Å². The van der Waals surface area contributed by atoms with Gasteiger partial charge < -0.3 is 4.57 Å². The molecule has 0 spiro atoms. The number of rotatable bonds is 4. The number of hydrogen-bond acceptors (Lipinski definition) is 3. The molecule has 0 amide bonds. The lowest BCUT2D eigenvalue weighted by atomic mass is 9.99. The fourth-order valence-electron chi connectivity index (χ4n) is 4.10. The molecule has 0 bridgehead atoms. The second kappa shape index (κ2) is 7.58. The maximum Gasteiger partial charge on any atom is 0.147 e. The van der Waals surface area contributed by atoms with Crippen molar-refractivity contribution in [1.82, 2.24) is 19.7 Å². The zero-order chi connectivity index (χ0) is 15.4. The molecule has 3 rings (SSSR count). The molecule has 2 aliphatic rings. The van der Waals surface area contributed by atoms with Gasteiger partial charge in [0.1, 0.15) is 11.6 Å². The molecule has 0 saturated carbocycles. The highest BCUT2D eigenvalue weighted by Crippen LogP contribution is 2.24. The minimum atomic E-state index is 0.737. The van der Waals surface area contributed by atoms with Gasteiger partial charge in [0, 0.05) is 19.0 Å². The van der Waals surface area contributed by atoms with Crippen molar-refractivity contribution in [1.29, 1.82) is 0 Å². The van der Waals surface area contributed by atoms with Gasteiger partial charge in [0.15, 0.2) is 0 Å². The van der Waals surface area contributed by atoms with E-state index in [2.05, 4.69) is 33.5 Å². The van der Waals surface area contributed by atoms with Crippen molar-refractivity contribution in [3.05, 3.63) is 11.6 Å². The maximum absolute atomic E-state index is 4.55. The number of fused-ring (bicyclic) bond motifs is 1. The van der Waals surface area contributed by atoms with Crippen LogP contribution >= 0.6 is 0 Å². The molecule has 0 aliphatic carbocycles. The third-order valence-corrected chi connectivity index (χ3v) is 5.27. The molecule has 4 nitrogen and oxygen atoms in total. The summed E-state index contributed by atoms with van der Waals surface area (Å²) in [5.41, 5.74) is 0. The van der Waals surface area contributed by atoms with E-state index in [1.165, 1.54) is 69.6 Å². The molecule has 1 aromatic rings. The Hall–Kier alpha value is -0.900. The van der Waals surface area contributed by atoms with Crippen LogP contribution in [0.2, 0.25) is 0 Å². The fourth-order valence-corrected chi connectivity index (χ4v) is 4.10. The Kier molecular flexibility index (Phi) is 5.51. The third-order valence-electron chi connectivity index (χ3n) is 5.27. The lowest BCUT2D eigenvalue weighted by Gasteiger charge is -2.31. The van der Waals surface area contributed by atoms with Gasteiger partial charge in [-0.15, -0.1) is 10.2 Å². The van der Waals surface area contributed by atoms with Gasteiger partial charge in [0.25, 0.3) is 0 Å². The van der Waals surface area contributed by atoms with Gasteiger partial charge in [-0.2, -0.15) is 0 Å². The second-order valence-electron chi connectivity index (χ2n) is 7.60. The molecular formula is C18H32N4. The summed E-state index contributed by atoms with van der Waals surface area (Å²) in [6, 6.07) is 0.737. The van der Waals surface area contributed by atoms with E-state index in [0.29, 0.717) is 0 Å². The zero-order valence-electron chi connectivity index (χ0n) is 14.4. The Bertz CT molecular complexity index is 466. The van der Waals surface area contributed by atoms with E-state index in [9.17, 15) is 0 Å². The van der Waals surface area contributed by atoms with E-state index in [-0.39, 0.29) is 0 Å². The predicted octanol–water partition coefficient (Wildman–Crippen LogP) is 3.80. The smallest absolute Gasteiger partial charge is 0.147 e. The first-order valence-corrected chi connectivity index (χ1v) is 9.39. The van der Waals surface area contributed by atoms with Crippen LogP contribution in [0, 0.1) is 5.92 Å². The molecule has 22 heavy (non-hydrogen) atoms. The lowest BCUT2D eigenvalue weighted by Crippen LogP contribution is -2.36. The monoisotopic (exact) mass is 304 g/mol. The number of likely N-dealkylation sites (tertiary alicyclic amines) is 1. The Morgan fingerprint density at radius 1 is 1.00 bits per heavy atom. The molecule has 1 atom stereocenters. The normalized spacial score (nSPS) is 24.0. The highest BCUT2D eigenvalue weighted by atomic mass is 15.3. The lowest BCUT2D eigenvalue weighted by molar-refractivity contribution is 0.162. The van der Waals surface area contributed by atoms with Crippen molar-refractivity contribution in [3.63, 3.8) is 0 Å².